The fourth-order valence-corrected chi connectivity index (χ4v) is 5.19. The van der Waals surface area contributed by atoms with Crippen molar-refractivity contribution < 1.29 is 24.3 Å². The summed E-state index contributed by atoms with van der Waals surface area (Å²) in [6, 6.07) is 0. The van der Waals surface area contributed by atoms with Gasteiger partial charge in [0.05, 0.1) is 0 Å². The van der Waals surface area contributed by atoms with Crippen LogP contribution in [0, 0.1) is 11.8 Å². The summed E-state index contributed by atoms with van der Waals surface area (Å²) < 4.78 is 0. The molecule has 2 spiro atoms. The summed E-state index contributed by atoms with van der Waals surface area (Å²) in [4.78, 5) is 36.0. The van der Waals surface area contributed by atoms with E-state index in [4.69, 9.17) is 19.6 Å². The molecule has 4 aliphatic rings. The summed E-state index contributed by atoms with van der Waals surface area (Å²) in [7, 11) is 0. The van der Waals surface area contributed by atoms with Crippen LogP contribution >= 0.6 is 0 Å². The lowest BCUT2D eigenvalue weighted by Crippen LogP contribution is -2.52. The Morgan fingerprint density at radius 2 is 0.931 bits per heavy atom. The predicted octanol–water partition coefficient (Wildman–Crippen LogP) is 6.54. The fraction of sp³-hybridized carbons (Fsp3) is 0.958. The summed E-state index contributed by atoms with van der Waals surface area (Å²) >= 11 is 0. The second-order valence-electron chi connectivity index (χ2n) is 10.2. The van der Waals surface area contributed by atoms with Crippen molar-refractivity contribution in [3.05, 3.63) is 0 Å². The van der Waals surface area contributed by atoms with E-state index in [1.54, 1.807) is 0 Å². The van der Waals surface area contributed by atoms with Crippen molar-refractivity contribution in [2.75, 3.05) is 0 Å². The second-order valence-corrected chi connectivity index (χ2v) is 10.2. The van der Waals surface area contributed by atoms with Crippen LogP contribution in [-0.4, -0.2) is 17.4 Å². The molecule has 0 aromatic rings. The predicted molar refractivity (Wildman–Crippen MR) is 110 cm³/mol. The zero-order chi connectivity index (χ0) is 20.0. The summed E-state index contributed by atoms with van der Waals surface area (Å²) in [5.41, 5.74) is 0. The Morgan fingerprint density at radius 1 is 0.552 bits per heavy atom. The van der Waals surface area contributed by atoms with Crippen LogP contribution in [0.1, 0.15) is 122 Å². The van der Waals surface area contributed by atoms with Crippen LogP contribution in [0.15, 0.2) is 0 Å². The van der Waals surface area contributed by atoms with Crippen molar-refractivity contribution in [3.63, 3.8) is 0 Å². The van der Waals surface area contributed by atoms with Crippen molar-refractivity contribution in [2.45, 2.75) is 134 Å². The van der Waals surface area contributed by atoms with Gasteiger partial charge in [0, 0.05) is 38.5 Å². The van der Waals surface area contributed by atoms with Gasteiger partial charge in [-0.25, -0.2) is 0 Å². The van der Waals surface area contributed by atoms with Gasteiger partial charge in [-0.3, -0.25) is 4.79 Å². The zero-order valence-corrected chi connectivity index (χ0v) is 18.1. The van der Waals surface area contributed by atoms with E-state index in [9.17, 15) is 4.79 Å². The topological polar surface area (TPSA) is 54.0 Å². The van der Waals surface area contributed by atoms with Gasteiger partial charge in [0.2, 0.25) is 11.6 Å². The number of hydrogen-bond acceptors (Lipinski definition) is 5. The van der Waals surface area contributed by atoms with E-state index in [1.807, 2.05) is 0 Å². The van der Waals surface area contributed by atoms with Gasteiger partial charge in [-0.2, -0.15) is 19.6 Å². The smallest absolute Gasteiger partial charge is 0.234 e. The van der Waals surface area contributed by atoms with Gasteiger partial charge in [0.25, 0.3) is 0 Å². The molecule has 0 unspecified atom stereocenters. The Bertz CT molecular complexity index is 497. The third kappa shape index (κ3) is 6.49. The van der Waals surface area contributed by atoms with Crippen LogP contribution in [0.25, 0.3) is 0 Å². The van der Waals surface area contributed by atoms with E-state index in [-0.39, 0.29) is 0 Å². The molecule has 29 heavy (non-hydrogen) atoms. The van der Waals surface area contributed by atoms with E-state index < -0.39 is 11.6 Å². The number of hydrogen-bond donors (Lipinski definition) is 0. The summed E-state index contributed by atoms with van der Waals surface area (Å²) in [6.45, 7) is 0. The summed E-state index contributed by atoms with van der Waals surface area (Å²) in [5, 5.41) is 0. The minimum Gasteiger partial charge on any atom is -0.300 e. The van der Waals surface area contributed by atoms with Gasteiger partial charge in [-0.05, 0) is 50.4 Å². The number of carbonyl (C=O) groups excluding carboxylic acids is 1. The molecular weight excluding hydrogens is 368 g/mol. The Hall–Kier alpha value is -0.490. The first-order valence-electron chi connectivity index (χ1n) is 12.4. The molecule has 166 valence electrons. The highest BCUT2D eigenvalue weighted by Crippen LogP contribution is 2.45. The first-order valence-corrected chi connectivity index (χ1v) is 12.4. The lowest BCUT2D eigenvalue weighted by molar-refractivity contribution is -0.662. The molecule has 5 heteroatoms. The standard InChI is InChI=1S/C24H40O5/c25-22(18-20-10-11-20)19-21-12-16-24(17-13-21)28-26-23(27-29-24)14-8-6-4-2-1-3-5-7-9-15-23/h20-21H,1-19H2. The summed E-state index contributed by atoms with van der Waals surface area (Å²) in [5.74, 6) is 0.0771. The molecule has 1 heterocycles. The first-order chi connectivity index (χ1) is 14.2. The first kappa shape index (κ1) is 21.7. The van der Waals surface area contributed by atoms with Crippen molar-refractivity contribution in [2.24, 2.45) is 11.8 Å². The normalized spacial score (nSPS) is 29.2. The van der Waals surface area contributed by atoms with Crippen LogP contribution in [0.5, 0.6) is 0 Å². The number of ketones is 1. The van der Waals surface area contributed by atoms with Gasteiger partial charge in [-0.15, -0.1) is 0 Å². The second kappa shape index (κ2) is 10.2. The largest absolute Gasteiger partial charge is 0.300 e. The zero-order valence-electron chi connectivity index (χ0n) is 18.1. The molecule has 3 aliphatic carbocycles. The maximum atomic E-state index is 12.2. The van der Waals surface area contributed by atoms with Crippen LogP contribution in [0.2, 0.25) is 0 Å². The molecule has 1 saturated heterocycles. The summed E-state index contributed by atoms with van der Waals surface area (Å²) in [6.07, 6.45) is 20.3. The van der Waals surface area contributed by atoms with E-state index in [2.05, 4.69) is 0 Å². The van der Waals surface area contributed by atoms with Crippen LogP contribution < -0.4 is 0 Å². The molecule has 4 fully saturated rings. The Morgan fingerprint density at radius 3 is 1.38 bits per heavy atom. The SMILES string of the molecule is O=C(CC1CC1)CC1CCC2(CC1)OOC1(CCCCCCCCCCC1)OO2. The highest BCUT2D eigenvalue weighted by atomic mass is 17.4. The molecule has 0 amide bonds. The quantitative estimate of drug-likeness (QED) is 0.494. The molecular formula is C24H40O5. The average molecular weight is 409 g/mol. The molecule has 0 atom stereocenters. The molecule has 0 N–H and O–H groups in total. The Labute approximate surface area is 176 Å². The van der Waals surface area contributed by atoms with Crippen LogP contribution in [-0.2, 0) is 24.3 Å². The van der Waals surface area contributed by atoms with Gasteiger partial charge < -0.3 is 0 Å². The van der Waals surface area contributed by atoms with E-state index >= 15 is 0 Å². The van der Waals surface area contributed by atoms with Crippen molar-refractivity contribution in [3.8, 4) is 0 Å². The lowest BCUT2D eigenvalue weighted by atomic mass is 9.82. The highest BCUT2D eigenvalue weighted by molar-refractivity contribution is 5.79. The van der Waals surface area contributed by atoms with Gasteiger partial charge in [0.15, 0.2) is 0 Å². The minimum atomic E-state index is -0.773. The monoisotopic (exact) mass is 408 g/mol. The molecule has 0 aromatic heterocycles. The van der Waals surface area contributed by atoms with E-state index in [0.717, 1.165) is 64.2 Å². The molecule has 0 aromatic carbocycles. The molecule has 5 nitrogen and oxygen atoms in total. The number of Topliss-reactive ketones (excluding diaryl/α,β-unsaturated/α-hetero) is 1. The molecule has 4 rings (SSSR count). The molecule has 3 saturated carbocycles. The third-order valence-electron chi connectivity index (χ3n) is 7.40. The van der Waals surface area contributed by atoms with Gasteiger partial charge in [-0.1, -0.05) is 44.9 Å². The van der Waals surface area contributed by atoms with Crippen LogP contribution in [0.4, 0.5) is 0 Å². The van der Waals surface area contributed by atoms with Gasteiger partial charge in [0.1, 0.15) is 5.78 Å². The molecule has 0 bridgehead atoms. The molecule has 1 aliphatic heterocycles. The van der Waals surface area contributed by atoms with Crippen molar-refractivity contribution >= 4 is 5.78 Å². The number of rotatable bonds is 4. The fourth-order valence-electron chi connectivity index (χ4n) is 5.19. The molecule has 0 radical (unpaired) electrons. The van der Waals surface area contributed by atoms with E-state index in [0.29, 0.717) is 17.6 Å². The Balaban J connectivity index is 1.23. The van der Waals surface area contributed by atoms with E-state index in [1.165, 1.54) is 57.8 Å². The Kier molecular flexibility index (Phi) is 7.65. The van der Waals surface area contributed by atoms with Crippen molar-refractivity contribution in [1.29, 1.82) is 0 Å². The minimum absolute atomic E-state index is 0.443. The highest BCUT2D eigenvalue weighted by Gasteiger charge is 2.50. The van der Waals surface area contributed by atoms with Crippen LogP contribution in [0.3, 0.4) is 0 Å². The maximum absolute atomic E-state index is 12.2. The van der Waals surface area contributed by atoms with Crippen molar-refractivity contribution in [1.82, 2.24) is 0 Å². The average Bonchev–Trinajstić information content (AvgIpc) is 3.53. The van der Waals surface area contributed by atoms with Gasteiger partial charge >= 0.3 is 0 Å². The maximum Gasteiger partial charge on any atom is 0.234 e. The third-order valence-corrected chi connectivity index (χ3v) is 7.40. The lowest BCUT2D eigenvalue weighted by Gasteiger charge is -2.45. The number of carbonyl (C=O) groups is 1.